The zero-order chi connectivity index (χ0) is 14.5. The number of amides is 1. The first kappa shape index (κ1) is 13.9. The molecule has 1 amide bonds. The molecule has 2 atom stereocenters. The van der Waals surface area contributed by atoms with Crippen LogP contribution >= 0.6 is 15.9 Å². The maximum absolute atomic E-state index is 12.4. The number of rotatable bonds is 0. The standard InChI is InChI=1S/C13H18BrN3O3/c1-13(2,3)20-12(18)17-4-5-19-8-6-16-7-15-11(14)10(16)9(8)17/h7-9H,4-6H2,1-3H3. The van der Waals surface area contributed by atoms with Crippen molar-refractivity contribution in [2.45, 2.75) is 45.1 Å². The number of carbonyl (C=O) groups excluding carboxylic acids is 1. The normalized spacial score (nSPS) is 25.3. The Hall–Kier alpha value is -1.08. The smallest absolute Gasteiger partial charge is 0.411 e. The summed E-state index contributed by atoms with van der Waals surface area (Å²) >= 11 is 3.45. The topological polar surface area (TPSA) is 56.6 Å². The quantitative estimate of drug-likeness (QED) is 0.725. The van der Waals surface area contributed by atoms with E-state index in [1.165, 1.54) is 0 Å². The van der Waals surface area contributed by atoms with E-state index in [2.05, 4.69) is 20.9 Å². The third kappa shape index (κ3) is 2.33. The fraction of sp³-hybridized carbons (Fsp3) is 0.692. The first-order valence-corrected chi connectivity index (χ1v) is 7.48. The summed E-state index contributed by atoms with van der Waals surface area (Å²) in [6, 6.07) is -0.129. The molecule has 6 nitrogen and oxygen atoms in total. The van der Waals surface area contributed by atoms with Gasteiger partial charge in [0.15, 0.2) is 0 Å². The lowest BCUT2D eigenvalue weighted by Gasteiger charge is -2.37. The van der Waals surface area contributed by atoms with E-state index in [9.17, 15) is 4.79 Å². The van der Waals surface area contributed by atoms with E-state index in [0.29, 0.717) is 13.2 Å². The van der Waals surface area contributed by atoms with E-state index in [1.54, 1.807) is 11.2 Å². The highest BCUT2D eigenvalue weighted by atomic mass is 79.9. The number of morpholine rings is 1. The highest BCUT2D eigenvalue weighted by Gasteiger charge is 2.45. The van der Waals surface area contributed by atoms with Gasteiger partial charge in [-0.3, -0.25) is 4.90 Å². The molecular formula is C13H18BrN3O3. The Morgan fingerprint density at radius 1 is 1.55 bits per heavy atom. The maximum atomic E-state index is 12.4. The molecule has 1 aromatic rings. The largest absolute Gasteiger partial charge is 0.444 e. The first-order chi connectivity index (χ1) is 9.37. The molecule has 20 heavy (non-hydrogen) atoms. The molecule has 2 aliphatic rings. The number of nitrogens with zero attached hydrogens (tertiary/aromatic N) is 3. The van der Waals surface area contributed by atoms with E-state index in [0.717, 1.165) is 16.8 Å². The Bertz CT molecular complexity index is 537. The number of fused-ring (bicyclic) bond motifs is 3. The van der Waals surface area contributed by atoms with Crippen molar-refractivity contribution in [2.24, 2.45) is 0 Å². The van der Waals surface area contributed by atoms with E-state index >= 15 is 0 Å². The molecule has 1 fully saturated rings. The number of halogens is 1. The number of ether oxygens (including phenoxy) is 2. The minimum Gasteiger partial charge on any atom is -0.444 e. The monoisotopic (exact) mass is 343 g/mol. The lowest BCUT2D eigenvalue weighted by Crippen LogP contribution is -2.48. The lowest BCUT2D eigenvalue weighted by atomic mass is 10.1. The fourth-order valence-corrected chi connectivity index (χ4v) is 3.29. The fourth-order valence-electron chi connectivity index (χ4n) is 2.73. The van der Waals surface area contributed by atoms with E-state index in [1.807, 2.05) is 25.3 Å². The van der Waals surface area contributed by atoms with Crippen molar-refractivity contribution >= 4 is 22.0 Å². The zero-order valence-electron chi connectivity index (χ0n) is 11.8. The summed E-state index contributed by atoms with van der Waals surface area (Å²) in [5.74, 6) is 0. The molecule has 0 N–H and O–H groups in total. The maximum Gasteiger partial charge on any atom is 0.411 e. The van der Waals surface area contributed by atoms with Crippen LogP contribution in [-0.2, 0) is 16.0 Å². The minimum atomic E-state index is -0.499. The van der Waals surface area contributed by atoms with Crippen LogP contribution in [0, 0.1) is 0 Å². The van der Waals surface area contributed by atoms with Crippen LogP contribution in [0.1, 0.15) is 32.5 Å². The van der Waals surface area contributed by atoms with Gasteiger partial charge in [0.25, 0.3) is 0 Å². The van der Waals surface area contributed by atoms with Crippen LogP contribution in [-0.4, -0.2) is 45.4 Å². The van der Waals surface area contributed by atoms with Gasteiger partial charge in [-0.1, -0.05) is 0 Å². The highest BCUT2D eigenvalue weighted by Crippen LogP contribution is 2.40. The lowest BCUT2D eigenvalue weighted by molar-refractivity contribution is -0.0714. The zero-order valence-corrected chi connectivity index (χ0v) is 13.4. The van der Waals surface area contributed by atoms with E-state index < -0.39 is 5.60 Å². The van der Waals surface area contributed by atoms with Crippen LogP contribution in [0.5, 0.6) is 0 Å². The summed E-state index contributed by atoms with van der Waals surface area (Å²) in [4.78, 5) is 18.4. The third-order valence-corrected chi connectivity index (χ3v) is 4.08. The van der Waals surface area contributed by atoms with E-state index in [-0.39, 0.29) is 18.2 Å². The Morgan fingerprint density at radius 2 is 2.30 bits per heavy atom. The average molecular weight is 344 g/mol. The molecule has 0 bridgehead atoms. The predicted molar refractivity (Wildman–Crippen MR) is 75.3 cm³/mol. The third-order valence-electron chi connectivity index (χ3n) is 3.47. The van der Waals surface area contributed by atoms with Gasteiger partial charge >= 0.3 is 6.09 Å². The molecule has 0 aliphatic carbocycles. The van der Waals surface area contributed by atoms with Crippen molar-refractivity contribution in [1.82, 2.24) is 14.5 Å². The minimum absolute atomic E-state index is 0.0226. The summed E-state index contributed by atoms with van der Waals surface area (Å²) in [7, 11) is 0. The van der Waals surface area contributed by atoms with Gasteiger partial charge in [-0.05, 0) is 36.7 Å². The van der Waals surface area contributed by atoms with Crippen LogP contribution in [0.15, 0.2) is 10.9 Å². The van der Waals surface area contributed by atoms with Crippen LogP contribution in [0.4, 0.5) is 4.79 Å². The Kier molecular flexibility index (Phi) is 3.29. The van der Waals surface area contributed by atoms with Crippen LogP contribution in [0.2, 0.25) is 0 Å². The SMILES string of the molecule is CC(C)(C)OC(=O)N1CCOC2Cn3cnc(Br)c3C21. The summed E-state index contributed by atoms with van der Waals surface area (Å²) in [6.07, 6.45) is 1.46. The van der Waals surface area contributed by atoms with Gasteiger partial charge < -0.3 is 14.0 Å². The molecule has 0 radical (unpaired) electrons. The van der Waals surface area contributed by atoms with Gasteiger partial charge in [0.1, 0.15) is 22.4 Å². The van der Waals surface area contributed by atoms with Gasteiger partial charge in [0.2, 0.25) is 0 Å². The first-order valence-electron chi connectivity index (χ1n) is 6.68. The molecule has 1 saturated heterocycles. The number of imidazole rings is 1. The molecular weight excluding hydrogens is 326 g/mol. The number of aromatic nitrogens is 2. The molecule has 0 aromatic carbocycles. The molecule has 3 rings (SSSR count). The van der Waals surface area contributed by atoms with Crippen molar-refractivity contribution in [3.8, 4) is 0 Å². The molecule has 2 aliphatic heterocycles. The summed E-state index contributed by atoms with van der Waals surface area (Å²) in [5.41, 5.74) is 0.488. The van der Waals surface area contributed by atoms with Crippen molar-refractivity contribution < 1.29 is 14.3 Å². The molecule has 110 valence electrons. The second kappa shape index (κ2) is 4.73. The number of hydrogen-bond donors (Lipinski definition) is 0. The van der Waals surface area contributed by atoms with Gasteiger partial charge in [0.05, 0.1) is 25.2 Å². The second-order valence-corrected chi connectivity index (χ2v) is 6.85. The van der Waals surface area contributed by atoms with Crippen molar-refractivity contribution in [3.63, 3.8) is 0 Å². The molecule has 7 heteroatoms. The Morgan fingerprint density at radius 3 is 3.00 bits per heavy atom. The van der Waals surface area contributed by atoms with Gasteiger partial charge in [0, 0.05) is 6.54 Å². The highest BCUT2D eigenvalue weighted by molar-refractivity contribution is 9.10. The number of hydrogen-bond acceptors (Lipinski definition) is 4. The Balaban J connectivity index is 1.88. The van der Waals surface area contributed by atoms with Crippen LogP contribution < -0.4 is 0 Å². The van der Waals surface area contributed by atoms with Crippen molar-refractivity contribution in [2.75, 3.05) is 13.2 Å². The van der Waals surface area contributed by atoms with Gasteiger partial charge in [-0.15, -0.1) is 0 Å². The van der Waals surface area contributed by atoms with Gasteiger partial charge in [-0.25, -0.2) is 9.78 Å². The summed E-state index contributed by atoms with van der Waals surface area (Å²) in [6.45, 7) is 7.41. The van der Waals surface area contributed by atoms with Crippen molar-refractivity contribution in [3.05, 3.63) is 16.6 Å². The van der Waals surface area contributed by atoms with Crippen LogP contribution in [0.25, 0.3) is 0 Å². The molecule has 3 heterocycles. The molecule has 0 spiro atoms. The molecule has 0 saturated carbocycles. The number of carbonyl (C=O) groups is 1. The van der Waals surface area contributed by atoms with Crippen LogP contribution in [0.3, 0.4) is 0 Å². The van der Waals surface area contributed by atoms with E-state index in [4.69, 9.17) is 9.47 Å². The Labute approximate surface area is 126 Å². The second-order valence-electron chi connectivity index (χ2n) is 6.10. The summed E-state index contributed by atoms with van der Waals surface area (Å²) in [5, 5.41) is 0. The van der Waals surface area contributed by atoms with Crippen molar-refractivity contribution in [1.29, 1.82) is 0 Å². The predicted octanol–water partition coefficient (Wildman–Crippen LogP) is 2.34. The van der Waals surface area contributed by atoms with Gasteiger partial charge in [-0.2, -0.15) is 0 Å². The molecule has 2 unspecified atom stereocenters. The average Bonchev–Trinajstić information content (AvgIpc) is 2.86. The summed E-state index contributed by atoms with van der Waals surface area (Å²) < 4.78 is 14.1. The molecule has 1 aromatic heterocycles.